The quantitative estimate of drug-likeness (QED) is 0.128. The predicted octanol–water partition coefficient (Wildman–Crippen LogP) is 14.2. The van der Waals surface area contributed by atoms with Crippen LogP contribution in [0.15, 0.2) is 176 Å². The first-order chi connectivity index (χ1) is 28.2. The Bertz CT molecular complexity index is 3250. The molecular weight excluding hydrogens is 751 g/mol. The first-order valence-electron chi connectivity index (χ1n) is 19.3. The van der Waals surface area contributed by atoms with Crippen LogP contribution >= 0.6 is 34.0 Å². The van der Waals surface area contributed by atoms with Gasteiger partial charge in [-0.05, 0) is 22.8 Å². The van der Waals surface area contributed by atoms with Crippen molar-refractivity contribution in [1.29, 1.82) is 0 Å². The third-order valence-electron chi connectivity index (χ3n) is 11.2. The second-order valence-corrected chi connectivity index (χ2v) is 17.7. The van der Waals surface area contributed by atoms with Crippen LogP contribution in [0.2, 0.25) is 0 Å². The molecule has 0 saturated heterocycles. The van der Waals surface area contributed by atoms with Crippen molar-refractivity contribution < 1.29 is 0 Å². The molecule has 4 N–H and O–H groups in total. The van der Waals surface area contributed by atoms with Gasteiger partial charge in [-0.25, -0.2) is 0 Å². The summed E-state index contributed by atoms with van der Waals surface area (Å²) < 4.78 is 8.00. The van der Waals surface area contributed by atoms with E-state index in [4.69, 9.17) is 5.73 Å². The second kappa shape index (κ2) is 14.4. The highest BCUT2D eigenvalue weighted by molar-refractivity contribution is 7.28. The molecule has 0 bridgehead atoms. The van der Waals surface area contributed by atoms with Gasteiger partial charge in [-0.15, -0.1) is 34.0 Å². The van der Waals surface area contributed by atoms with Gasteiger partial charge in [0.05, 0.1) is 12.3 Å². The molecule has 0 spiro atoms. The van der Waals surface area contributed by atoms with Gasteiger partial charge in [-0.1, -0.05) is 170 Å². The summed E-state index contributed by atoms with van der Waals surface area (Å²) in [4.78, 5) is 0. The molecule has 0 radical (unpaired) electrons. The molecule has 2 atom stereocenters. The van der Waals surface area contributed by atoms with Crippen LogP contribution in [0.25, 0.3) is 82.8 Å². The third kappa shape index (κ3) is 5.96. The summed E-state index contributed by atoms with van der Waals surface area (Å²) in [5.41, 5.74) is 15.4. The van der Waals surface area contributed by atoms with Crippen molar-refractivity contribution in [2.24, 2.45) is 5.73 Å². The fourth-order valence-electron chi connectivity index (χ4n) is 8.50. The summed E-state index contributed by atoms with van der Waals surface area (Å²) in [7, 11) is 0. The van der Waals surface area contributed by atoms with E-state index < -0.39 is 0 Å². The molecule has 0 aliphatic carbocycles. The van der Waals surface area contributed by atoms with Crippen LogP contribution in [0.4, 0.5) is 0 Å². The van der Waals surface area contributed by atoms with Gasteiger partial charge in [0.1, 0.15) is 0 Å². The topological polar surface area (TPSA) is 50.1 Å². The molecule has 57 heavy (non-hydrogen) atoms. The zero-order chi connectivity index (χ0) is 37.9. The zero-order valence-corrected chi connectivity index (χ0v) is 33.4. The Labute approximate surface area is 342 Å². The van der Waals surface area contributed by atoms with E-state index in [0.29, 0.717) is 6.54 Å². The third-order valence-corrected chi connectivity index (χ3v) is 15.1. The predicted molar refractivity (Wildman–Crippen MR) is 249 cm³/mol. The Morgan fingerprint density at radius 3 is 1.39 bits per heavy atom. The number of hydrogen-bond acceptors (Lipinski definition) is 6. The lowest BCUT2D eigenvalue weighted by Gasteiger charge is -2.25. The number of benzene rings is 8. The fourth-order valence-corrected chi connectivity index (χ4v) is 12.4. The normalized spacial score (nSPS) is 13.1. The highest BCUT2D eigenvalue weighted by Crippen LogP contribution is 2.49. The molecule has 0 aliphatic heterocycles. The van der Waals surface area contributed by atoms with E-state index in [-0.39, 0.29) is 12.3 Å². The van der Waals surface area contributed by atoms with E-state index in [1.165, 1.54) is 88.3 Å². The van der Waals surface area contributed by atoms with Crippen molar-refractivity contribution in [3.8, 4) is 22.3 Å². The molecular formula is C51H37N3S3. The van der Waals surface area contributed by atoms with Crippen LogP contribution in [0, 0.1) is 0 Å². The van der Waals surface area contributed by atoms with Crippen molar-refractivity contribution in [2.75, 3.05) is 0 Å². The van der Waals surface area contributed by atoms with Crippen molar-refractivity contribution >= 4 is 94.5 Å². The van der Waals surface area contributed by atoms with E-state index in [9.17, 15) is 0 Å². The maximum absolute atomic E-state index is 6.71. The molecule has 8 aromatic carbocycles. The molecule has 11 rings (SSSR count). The number of nitrogens with one attached hydrogen (secondary N) is 2. The molecule has 0 aliphatic rings. The van der Waals surface area contributed by atoms with Crippen LogP contribution in [0.5, 0.6) is 0 Å². The maximum atomic E-state index is 6.71. The van der Waals surface area contributed by atoms with Crippen LogP contribution in [-0.4, -0.2) is 0 Å². The van der Waals surface area contributed by atoms with Crippen LogP contribution in [0.3, 0.4) is 0 Å². The van der Waals surface area contributed by atoms with Gasteiger partial charge in [0.25, 0.3) is 0 Å². The second-order valence-electron chi connectivity index (χ2n) is 14.6. The standard InChI is InChI=1S/C51H37N3S3/c52-50(31-14-3-1-4-15-31)54-51(32-16-5-2-6-17-32)53-30-33-18-9-20-36-37-22-11-25-40(47(37)56-45(33)36)41-26-13-28-43-42-27-12-24-39(48(42)57-49(41)43)38-23-10-21-35-34-19-7-8-29-44(34)55-46(35)38/h1-29,50-51,53-54H,30,52H2. The van der Waals surface area contributed by atoms with Gasteiger partial charge < -0.3 is 5.73 Å². The zero-order valence-electron chi connectivity index (χ0n) is 30.9. The highest BCUT2D eigenvalue weighted by atomic mass is 32.1. The van der Waals surface area contributed by atoms with E-state index in [0.717, 1.165) is 11.1 Å². The number of rotatable bonds is 9. The van der Waals surface area contributed by atoms with Gasteiger partial charge in [-0.3, -0.25) is 10.6 Å². The van der Waals surface area contributed by atoms with Crippen LogP contribution in [-0.2, 0) is 6.54 Å². The summed E-state index contributed by atoms with van der Waals surface area (Å²) in [5.74, 6) is 0. The lowest BCUT2D eigenvalue weighted by atomic mass is 9.98. The minimum Gasteiger partial charge on any atom is -0.312 e. The number of nitrogens with two attached hydrogens (primary N) is 1. The summed E-state index contributed by atoms with van der Waals surface area (Å²) >= 11 is 5.74. The maximum Gasteiger partial charge on any atom is 0.0852 e. The van der Waals surface area contributed by atoms with Crippen molar-refractivity contribution in [3.05, 3.63) is 193 Å². The Hall–Kier alpha value is -5.70. The molecule has 0 saturated carbocycles. The molecule has 0 amide bonds. The van der Waals surface area contributed by atoms with Gasteiger partial charge in [0.2, 0.25) is 0 Å². The van der Waals surface area contributed by atoms with Gasteiger partial charge in [-0.2, -0.15) is 0 Å². The highest BCUT2D eigenvalue weighted by Gasteiger charge is 2.20. The van der Waals surface area contributed by atoms with Crippen LogP contribution < -0.4 is 16.4 Å². The van der Waals surface area contributed by atoms with E-state index in [2.05, 4.69) is 168 Å². The first-order valence-corrected chi connectivity index (χ1v) is 21.8. The lowest BCUT2D eigenvalue weighted by Crippen LogP contribution is -2.39. The largest absolute Gasteiger partial charge is 0.312 e. The summed E-state index contributed by atoms with van der Waals surface area (Å²) in [6, 6.07) is 63.6. The molecule has 11 aromatic rings. The molecule has 6 heteroatoms. The minimum atomic E-state index is -0.316. The number of thiophene rings is 3. The van der Waals surface area contributed by atoms with E-state index >= 15 is 0 Å². The lowest BCUT2D eigenvalue weighted by molar-refractivity contribution is 0.386. The monoisotopic (exact) mass is 787 g/mol. The van der Waals surface area contributed by atoms with Gasteiger partial charge >= 0.3 is 0 Å². The van der Waals surface area contributed by atoms with E-state index in [1.807, 2.05) is 52.2 Å². The van der Waals surface area contributed by atoms with Crippen LogP contribution in [0.1, 0.15) is 29.0 Å². The molecule has 274 valence electrons. The average molecular weight is 788 g/mol. The van der Waals surface area contributed by atoms with E-state index in [1.54, 1.807) is 0 Å². The minimum absolute atomic E-state index is 0.136. The van der Waals surface area contributed by atoms with Crippen molar-refractivity contribution in [3.63, 3.8) is 0 Å². The van der Waals surface area contributed by atoms with Crippen molar-refractivity contribution in [1.82, 2.24) is 10.6 Å². The van der Waals surface area contributed by atoms with Crippen molar-refractivity contribution in [2.45, 2.75) is 18.9 Å². The number of fused-ring (bicyclic) bond motifs is 9. The average Bonchev–Trinajstić information content (AvgIpc) is 3.97. The molecule has 3 heterocycles. The molecule has 2 unspecified atom stereocenters. The summed E-state index contributed by atoms with van der Waals surface area (Å²) in [6.45, 7) is 0.689. The Morgan fingerprint density at radius 2 is 0.807 bits per heavy atom. The Balaban J connectivity index is 0.995. The Kier molecular flexibility index (Phi) is 8.70. The number of hydrogen-bond donors (Lipinski definition) is 3. The fraction of sp³-hybridized carbons (Fsp3) is 0.0588. The van der Waals surface area contributed by atoms with Gasteiger partial charge in [0, 0.05) is 89.3 Å². The van der Waals surface area contributed by atoms with Gasteiger partial charge in [0.15, 0.2) is 0 Å². The Morgan fingerprint density at radius 1 is 0.386 bits per heavy atom. The molecule has 3 aromatic heterocycles. The first kappa shape index (κ1) is 34.5. The molecule has 3 nitrogen and oxygen atoms in total. The smallest absolute Gasteiger partial charge is 0.0852 e. The SMILES string of the molecule is NC(NC(NCc1cccc2c1sc1c(-c3cccc4c3sc3c(-c5cccc6c5sc5ccccc56)cccc34)cccc12)c1ccccc1)c1ccccc1. The molecule has 0 fully saturated rings. The summed E-state index contributed by atoms with van der Waals surface area (Å²) in [5, 5.41) is 15.4. The summed E-state index contributed by atoms with van der Waals surface area (Å²) in [6.07, 6.45) is -0.452.